The van der Waals surface area contributed by atoms with Gasteiger partial charge in [-0.15, -0.1) is 0 Å². The zero-order valence-electron chi connectivity index (χ0n) is 22.0. The van der Waals surface area contributed by atoms with Crippen LogP contribution in [0.25, 0.3) is 22.5 Å². The molecule has 0 bridgehead atoms. The lowest BCUT2D eigenvalue weighted by atomic mass is 9.92. The Labute approximate surface area is 225 Å². The van der Waals surface area contributed by atoms with Crippen molar-refractivity contribution in [2.24, 2.45) is 5.41 Å². The third kappa shape index (κ3) is 6.24. The second-order valence-electron chi connectivity index (χ2n) is 9.81. The molecule has 2 aromatic carbocycles. The van der Waals surface area contributed by atoms with Crippen molar-refractivity contribution in [1.82, 2.24) is 20.3 Å². The summed E-state index contributed by atoms with van der Waals surface area (Å²) in [5, 5.41) is 6.13. The molecule has 5 rings (SSSR count). The summed E-state index contributed by atoms with van der Waals surface area (Å²) in [6.07, 6.45) is 0.980. The molecular formula is C29H30FN5O4. The fourth-order valence-electron chi connectivity index (χ4n) is 4.27. The molecule has 3 heterocycles. The second-order valence-corrected chi connectivity index (χ2v) is 9.81. The number of carbonyl (C=O) groups is 1. The number of benzene rings is 2. The third-order valence-electron chi connectivity index (χ3n) is 6.38. The van der Waals surface area contributed by atoms with Gasteiger partial charge in [0.1, 0.15) is 17.4 Å². The Morgan fingerprint density at radius 1 is 1.13 bits per heavy atom. The van der Waals surface area contributed by atoms with E-state index in [4.69, 9.17) is 19.2 Å². The van der Waals surface area contributed by atoms with Crippen molar-refractivity contribution in [1.29, 1.82) is 0 Å². The second kappa shape index (κ2) is 11.2. The largest absolute Gasteiger partial charge is 0.497 e. The molecule has 1 amide bonds. The number of nitrogens with one attached hydrogen (secondary N) is 3. The smallest absolute Gasteiger partial charge is 0.217 e. The van der Waals surface area contributed by atoms with Gasteiger partial charge in [-0.05, 0) is 48.5 Å². The van der Waals surface area contributed by atoms with E-state index in [1.807, 2.05) is 43.3 Å². The normalized spacial score (nSPS) is 18.9. The Kier molecular flexibility index (Phi) is 7.58. The molecule has 3 N–H and O–H groups in total. The molecule has 1 fully saturated rings. The highest BCUT2D eigenvalue weighted by atomic mass is 19.1. The monoisotopic (exact) mass is 531 g/mol. The van der Waals surface area contributed by atoms with Crippen LogP contribution in [0.4, 0.5) is 15.9 Å². The highest BCUT2D eigenvalue weighted by Crippen LogP contribution is 2.36. The van der Waals surface area contributed by atoms with Crippen LogP contribution in [0.3, 0.4) is 0 Å². The number of carbonyl (C=O) groups excluding carboxylic acids is 1. The van der Waals surface area contributed by atoms with Crippen LogP contribution in [-0.4, -0.2) is 47.7 Å². The number of pyridine rings is 1. The van der Waals surface area contributed by atoms with Gasteiger partial charge in [-0.2, -0.15) is 0 Å². The van der Waals surface area contributed by atoms with Crippen molar-refractivity contribution in [2.75, 3.05) is 32.2 Å². The van der Waals surface area contributed by atoms with E-state index in [2.05, 4.69) is 20.6 Å². The fourth-order valence-corrected chi connectivity index (χ4v) is 4.27. The average molecular weight is 532 g/mol. The van der Waals surface area contributed by atoms with Gasteiger partial charge in [0.15, 0.2) is 5.82 Å². The number of hydrogen-bond donors (Lipinski definition) is 3. The fraction of sp³-hybridized carbons (Fsp3) is 0.276. The minimum absolute atomic E-state index is 0.101. The van der Waals surface area contributed by atoms with Crippen LogP contribution in [-0.2, 0) is 14.3 Å². The maximum atomic E-state index is 13.7. The van der Waals surface area contributed by atoms with Crippen molar-refractivity contribution in [3.63, 3.8) is 0 Å². The first-order valence-electron chi connectivity index (χ1n) is 12.5. The van der Waals surface area contributed by atoms with Crippen LogP contribution in [0.2, 0.25) is 0 Å². The number of methoxy groups -OCH3 is 1. The molecule has 0 radical (unpaired) electrons. The molecule has 1 saturated heterocycles. The van der Waals surface area contributed by atoms with Gasteiger partial charge in [0.05, 0.1) is 31.7 Å². The van der Waals surface area contributed by atoms with E-state index in [0.29, 0.717) is 42.8 Å². The molecule has 0 aliphatic carbocycles. The summed E-state index contributed by atoms with van der Waals surface area (Å²) >= 11 is 0. The number of halogens is 1. The van der Waals surface area contributed by atoms with Crippen molar-refractivity contribution >= 4 is 17.4 Å². The predicted molar refractivity (Wildman–Crippen MR) is 145 cm³/mol. The standard InChI is InChI=1S/C29H30FN5O4/c1-18(36)32-15-29(2)16-38-28(39-17-29)27-34-25(19-7-9-21(30)10-8-19)26(35-27)20-11-12-31-24(13-20)33-22-5-4-6-23(14-22)37-3/h4-14,28H,15-17H2,1-3H3,(H,31,33)(H,32,36)(H,34,35). The molecule has 39 heavy (non-hydrogen) atoms. The van der Waals surface area contributed by atoms with E-state index in [1.54, 1.807) is 25.4 Å². The average Bonchev–Trinajstić information content (AvgIpc) is 3.39. The van der Waals surface area contributed by atoms with Crippen LogP contribution in [0.5, 0.6) is 5.75 Å². The maximum Gasteiger partial charge on any atom is 0.217 e. The lowest BCUT2D eigenvalue weighted by Crippen LogP contribution is -2.45. The number of aromatic nitrogens is 3. The van der Waals surface area contributed by atoms with Crippen molar-refractivity contribution in [3.8, 4) is 28.3 Å². The summed E-state index contributed by atoms with van der Waals surface area (Å²) < 4.78 is 31.1. The number of nitrogens with zero attached hydrogens (tertiary/aromatic N) is 2. The van der Waals surface area contributed by atoms with Gasteiger partial charge in [-0.1, -0.05) is 13.0 Å². The van der Waals surface area contributed by atoms with E-state index in [-0.39, 0.29) is 17.1 Å². The van der Waals surface area contributed by atoms with E-state index in [1.165, 1.54) is 19.1 Å². The van der Waals surface area contributed by atoms with Gasteiger partial charge in [0.25, 0.3) is 0 Å². The Morgan fingerprint density at radius 2 is 1.90 bits per heavy atom. The van der Waals surface area contributed by atoms with Crippen LogP contribution in [0.15, 0.2) is 66.9 Å². The molecule has 1 aliphatic rings. The summed E-state index contributed by atoms with van der Waals surface area (Å²) in [5.41, 5.74) is 3.37. The topological polar surface area (TPSA) is 110 Å². The summed E-state index contributed by atoms with van der Waals surface area (Å²) in [4.78, 5) is 24.0. The molecule has 4 aromatic rings. The highest BCUT2D eigenvalue weighted by Gasteiger charge is 2.35. The predicted octanol–water partition coefficient (Wildman–Crippen LogP) is 5.22. The number of rotatable bonds is 8. The van der Waals surface area contributed by atoms with Gasteiger partial charge < -0.3 is 29.8 Å². The zero-order chi connectivity index (χ0) is 27.4. The van der Waals surface area contributed by atoms with Gasteiger partial charge in [0.2, 0.25) is 12.2 Å². The number of imidazole rings is 1. The molecular weight excluding hydrogens is 501 g/mol. The first-order valence-corrected chi connectivity index (χ1v) is 12.5. The van der Waals surface area contributed by atoms with Crippen LogP contribution < -0.4 is 15.4 Å². The molecule has 0 spiro atoms. The molecule has 0 atom stereocenters. The quantitative estimate of drug-likeness (QED) is 0.286. The third-order valence-corrected chi connectivity index (χ3v) is 6.38. The van der Waals surface area contributed by atoms with E-state index >= 15 is 0 Å². The highest BCUT2D eigenvalue weighted by molar-refractivity contribution is 5.80. The van der Waals surface area contributed by atoms with Crippen LogP contribution in [0, 0.1) is 11.2 Å². The van der Waals surface area contributed by atoms with Gasteiger partial charge >= 0.3 is 0 Å². The summed E-state index contributed by atoms with van der Waals surface area (Å²) in [5.74, 6) is 1.41. The zero-order valence-corrected chi connectivity index (χ0v) is 22.0. The maximum absolute atomic E-state index is 13.7. The Bertz CT molecular complexity index is 1450. The Hall–Kier alpha value is -4.28. The summed E-state index contributed by atoms with van der Waals surface area (Å²) in [7, 11) is 1.62. The first-order chi connectivity index (χ1) is 18.8. The van der Waals surface area contributed by atoms with Crippen LogP contribution in [0.1, 0.15) is 26.0 Å². The number of H-pyrrole nitrogens is 1. The van der Waals surface area contributed by atoms with Crippen molar-refractivity contribution in [3.05, 3.63) is 78.5 Å². The van der Waals surface area contributed by atoms with Crippen molar-refractivity contribution in [2.45, 2.75) is 20.1 Å². The summed E-state index contributed by atoms with van der Waals surface area (Å²) in [6.45, 7) is 4.67. The molecule has 2 aromatic heterocycles. The molecule has 202 valence electrons. The van der Waals surface area contributed by atoms with Crippen LogP contribution >= 0.6 is 0 Å². The van der Waals surface area contributed by atoms with Gasteiger partial charge in [-0.3, -0.25) is 4.79 Å². The van der Waals surface area contributed by atoms with Gasteiger partial charge in [0, 0.05) is 48.0 Å². The van der Waals surface area contributed by atoms with Gasteiger partial charge in [-0.25, -0.2) is 14.4 Å². The first kappa shape index (κ1) is 26.3. The minimum atomic E-state index is -0.723. The lowest BCUT2D eigenvalue weighted by Gasteiger charge is -2.36. The van der Waals surface area contributed by atoms with E-state index in [9.17, 15) is 9.18 Å². The van der Waals surface area contributed by atoms with E-state index < -0.39 is 6.29 Å². The van der Waals surface area contributed by atoms with Crippen molar-refractivity contribution < 1.29 is 23.4 Å². The number of amides is 1. The molecule has 1 aliphatic heterocycles. The number of anilines is 2. The summed E-state index contributed by atoms with van der Waals surface area (Å²) in [6, 6.07) is 17.5. The SMILES string of the molecule is COc1cccc(Nc2cc(-c3[nH]c(C4OCC(C)(CNC(C)=O)CO4)nc3-c3ccc(F)cc3)ccn2)c1. The number of ether oxygens (including phenoxy) is 3. The number of hydrogen-bond acceptors (Lipinski definition) is 7. The molecule has 9 nitrogen and oxygen atoms in total. The number of aromatic amines is 1. The molecule has 0 saturated carbocycles. The minimum Gasteiger partial charge on any atom is -0.497 e. The van der Waals surface area contributed by atoms with E-state index in [0.717, 1.165) is 22.6 Å². The molecule has 0 unspecified atom stereocenters. The Morgan fingerprint density at radius 3 is 2.62 bits per heavy atom. The molecule has 10 heteroatoms. The lowest BCUT2D eigenvalue weighted by molar-refractivity contribution is -0.232. The Balaban J connectivity index is 1.44.